The molecule has 390 valence electrons. The summed E-state index contributed by atoms with van der Waals surface area (Å²) in [5.41, 5.74) is 11.1. The average molecular weight is 1040 g/mol. The van der Waals surface area contributed by atoms with Crippen molar-refractivity contribution in [1.29, 1.82) is 0 Å². The second-order valence-corrected chi connectivity index (χ2v) is 16.7. The van der Waals surface area contributed by atoms with Gasteiger partial charge in [-0.15, -0.1) is 11.8 Å². The summed E-state index contributed by atoms with van der Waals surface area (Å²) in [6.45, 7) is 0.287. The number of thiol groups is 2. The van der Waals surface area contributed by atoms with E-state index in [2.05, 4.69) is 73.1 Å². The molecule has 2 rings (SSSR count). The Hall–Kier alpha value is -5.49. The zero-order valence-electron chi connectivity index (χ0n) is 38.5. The molecule has 28 heteroatoms. The van der Waals surface area contributed by atoms with E-state index in [0.29, 0.717) is 39.6 Å². The van der Waals surface area contributed by atoms with Crippen molar-refractivity contribution in [2.24, 2.45) is 17.4 Å². The highest BCUT2D eigenvalue weighted by molar-refractivity contribution is 8.02. The number of ether oxygens (including phenoxy) is 4. The number of carbonyl (C=O) groups is 10. The van der Waals surface area contributed by atoms with Crippen molar-refractivity contribution >= 4 is 96.1 Å². The van der Waals surface area contributed by atoms with E-state index < -0.39 is 85.0 Å². The minimum atomic E-state index is -1.15. The lowest BCUT2D eigenvalue weighted by molar-refractivity contribution is -0.131. The summed E-state index contributed by atoms with van der Waals surface area (Å²) in [5.74, 6) is -5.84. The molecule has 2 unspecified atom stereocenters. The van der Waals surface area contributed by atoms with Crippen LogP contribution >= 0.6 is 37.0 Å². The van der Waals surface area contributed by atoms with Crippen LogP contribution in [0.3, 0.4) is 0 Å². The molecule has 0 heterocycles. The van der Waals surface area contributed by atoms with Crippen LogP contribution in [0.4, 0.5) is 0 Å². The van der Waals surface area contributed by atoms with E-state index in [0.717, 1.165) is 12.0 Å². The number of nitrogens with two attached hydrogens (primary N) is 2. The van der Waals surface area contributed by atoms with Gasteiger partial charge in [-0.05, 0) is 23.3 Å². The quantitative estimate of drug-likeness (QED) is 0.0216. The Labute approximate surface area is 420 Å². The van der Waals surface area contributed by atoms with Gasteiger partial charge in [0.05, 0.1) is 71.6 Å². The Morgan fingerprint density at radius 2 is 1.14 bits per heavy atom. The van der Waals surface area contributed by atoms with Gasteiger partial charge in [0.2, 0.25) is 59.1 Å². The highest BCUT2D eigenvalue weighted by Crippen LogP contribution is 2.32. The predicted molar refractivity (Wildman–Crippen MR) is 262 cm³/mol. The van der Waals surface area contributed by atoms with E-state index in [1.165, 1.54) is 11.8 Å². The molecule has 1 fully saturated rings. The van der Waals surface area contributed by atoms with Gasteiger partial charge in [-0.1, -0.05) is 36.4 Å². The van der Waals surface area contributed by atoms with Crippen LogP contribution in [0.5, 0.6) is 0 Å². The maximum Gasteiger partial charge on any atom is 0.246 e. The maximum absolute atomic E-state index is 12.8. The standard InChI is InChI=1S/C42H65N11O14S3/c43-33(54)22-67-23-38(59)45-7-9-64-11-13-66-14-12-65-10-8-46-39(60)26-70-15-6-28-17-29(28)47-20-36(57)51-31(24-68)41(62)50-19-35(56)48-18-34(55)49-21-37(58)52-32(25-69)42(63)53-30(40(44)61)16-27-4-2-1-3-5-27/h1-6,15,28-32,47,68-69H,7-14,16-26H2,(H2,43,54)(H2,44,61)(H,45,59)(H,46,60)(H,48,56)(H,49,55)(H,50,62)(H,51,57)(H,52,58)(H,53,63)/t28?,29?,30-,31-,32-/m0/s1. The minimum absolute atomic E-state index is 0.0376. The molecule has 1 aromatic carbocycles. The summed E-state index contributed by atoms with van der Waals surface area (Å²) >= 11 is 9.54. The minimum Gasteiger partial charge on any atom is -0.377 e. The molecule has 1 aromatic rings. The smallest absolute Gasteiger partial charge is 0.246 e. The van der Waals surface area contributed by atoms with Crippen molar-refractivity contribution in [1.82, 2.24) is 47.9 Å². The lowest BCUT2D eigenvalue weighted by atomic mass is 10.1. The molecule has 1 saturated carbocycles. The first-order valence-electron chi connectivity index (χ1n) is 22.0. The number of primary amides is 2. The average Bonchev–Trinajstić information content (AvgIpc) is 4.10. The van der Waals surface area contributed by atoms with Crippen molar-refractivity contribution in [2.45, 2.75) is 37.0 Å². The zero-order valence-corrected chi connectivity index (χ0v) is 41.1. The van der Waals surface area contributed by atoms with Gasteiger partial charge in [-0.25, -0.2) is 0 Å². The first kappa shape index (κ1) is 60.6. The van der Waals surface area contributed by atoms with Crippen molar-refractivity contribution in [2.75, 3.05) is 109 Å². The lowest BCUT2D eigenvalue weighted by Gasteiger charge is -2.21. The third kappa shape index (κ3) is 29.5. The Morgan fingerprint density at radius 3 is 1.73 bits per heavy atom. The van der Waals surface area contributed by atoms with Crippen molar-refractivity contribution in [3.8, 4) is 0 Å². The number of hydrogen-bond acceptors (Lipinski definition) is 18. The summed E-state index contributed by atoms with van der Waals surface area (Å²) < 4.78 is 21.0. The third-order valence-electron chi connectivity index (χ3n) is 9.29. The number of thioether (sulfide) groups is 1. The number of rotatable bonds is 39. The van der Waals surface area contributed by atoms with Crippen LogP contribution in [0.15, 0.2) is 41.8 Å². The molecule has 1 aliphatic rings. The summed E-state index contributed by atoms with van der Waals surface area (Å²) in [5, 5.41) is 24.7. The molecule has 0 radical (unpaired) electrons. The van der Waals surface area contributed by atoms with Gasteiger partial charge in [0, 0.05) is 37.1 Å². The van der Waals surface area contributed by atoms with E-state index in [1.54, 1.807) is 30.3 Å². The van der Waals surface area contributed by atoms with E-state index in [9.17, 15) is 47.9 Å². The number of carbonyl (C=O) groups excluding carboxylic acids is 10. The Bertz CT molecular complexity index is 1890. The normalized spacial score (nSPS) is 15.1. The van der Waals surface area contributed by atoms with Gasteiger partial charge in [0.15, 0.2) is 0 Å². The SMILES string of the molecule is NC(=O)COCC(=O)NCCOCCOCCOCCNC(=O)CSC=CC1CC1NCC(=O)N[C@@H](CS)C(=O)NCC(=O)NCC(=O)NCC(=O)N[C@@H](CS)C(=O)N[C@@H](Cc1ccccc1)C(N)=O. The van der Waals surface area contributed by atoms with E-state index in [4.69, 9.17) is 30.4 Å². The van der Waals surface area contributed by atoms with Gasteiger partial charge in [-0.3, -0.25) is 47.9 Å². The molecule has 0 aromatic heterocycles. The molecule has 13 N–H and O–H groups in total. The van der Waals surface area contributed by atoms with Gasteiger partial charge in [-0.2, -0.15) is 25.3 Å². The predicted octanol–water partition coefficient (Wildman–Crippen LogP) is -5.61. The molecular weight excluding hydrogens is 979 g/mol. The largest absolute Gasteiger partial charge is 0.377 e. The summed E-state index contributed by atoms with van der Waals surface area (Å²) in [7, 11) is 0. The topological polar surface area (TPSA) is 368 Å². The fourth-order valence-corrected chi connectivity index (χ4v) is 6.75. The molecule has 0 spiro atoms. The molecule has 10 amide bonds. The van der Waals surface area contributed by atoms with E-state index >= 15 is 0 Å². The molecule has 1 aliphatic carbocycles. The molecule has 0 bridgehead atoms. The van der Waals surface area contributed by atoms with Crippen molar-refractivity contribution < 1.29 is 66.9 Å². The zero-order chi connectivity index (χ0) is 51.5. The van der Waals surface area contributed by atoms with Crippen LogP contribution in [0.2, 0.25) is 0 Å². The molecule has 0 saturated heterocycles. The number of amides is 10. The van der Waals surface area contributed by atoms with Crippen LogP contribution in [0, 0.1) is 5.92 Å². The van der Waals surface area contributed by atoms with Gasteiger partial charge in [0.1, 0.15) is 31.3 Å². The van der Waals surface area contributed by atoms with Gasteiger partial charge >= 0.3 is 0 Å². The second kappa shape index (κ2) is 36.5. The summed E-state index contributed by atoms with van der Waals surface area (Å²) in [6.07, 6.45) is 2.86. The third-order valence-corrected chi connectivity index (χ3v) is 10.8. The van der Waals surface area contributed by atoms with Crippen LogP contribution in [-0.2, 0) is 73.3 Å². The monoisotopic (exact) mass is 1040 g/mol. The van der Waals surface area contributed by atoms with Crippen LogP contribution in [-0.4, -0.2) is 193 Å². The highest BCUT2D eigenvalue weighted by Gasteiger charge is 2.35. The number of hydrogen-bond donors (Lipinski definition) is 13. The molecule has 70 heavy (non-hydrogen) atoms. The Kier molecular flexibility index (Phi) is 31.6. The summed E-state index contributed by atoms with van der Waals surface area (Å²) in [4.78, 5) is 121. The van der Waals surface area contributed by atoms with Gasteiger partial charge < -0.3 is 78.3 Å². The maximum atomic E-state index is 12.8. The van der Waals surface area contributed by atoms with E-state index in [-0.39, 0.29) is 80.4 Å². The fourth-order valence-electron chi connectivity index (χ4n) is 5.58. The second-order valence-electron chi connectivity index (χ2n) is 15.1. The van der Waals surface area contributed by atoms with Crippen LogP contribution in [0.1, 0.15) is 12.0 Å². The molecule has 25 nitrogen and oxygen atoms in total. The van der Waals surface area contributed by atoms with Crippen LogP contribution < -0.4 is 59.3 Å². The van der Waals surface area contributed by atoms with E-state index in [1.807, 2.05) is 11.5 Å². The molecule has 5 atom stereocenters. The first-order chi connectivity index (χ1) is 33.6. The Morgan fingerprint density at radius 1 is 0.600 bits per heavy atom. The first-order valence-corrected chi connectivity index (χ1v) is 24.3. The molecule has 0 aliphatic heterocycles. The summed E-state index contributed by atoms with van der Waals surface area (Å²) in [6, 6.07) is 5.65. The van der Waals surface area contributed by atoms with Crippen molar-refractivity contribution in [3.63, 3.8) is 0 Å². The van der Waals surface area contributed by atoms with Gasteiger partial charge in [0.25, 0.3) is 0 Å². The lowest BCUT2D eigenvalue weighted by Crippen LogP contribution is -2.55. The number of benzene rings is 1. The fraction of sp³-hybridized carbons (Fsp3) is 0.571. The Balaban J connectivity index is 1.48. The van der Waals surface area contributed by atoms with Crippen LogP contribution in [0.25, 0.3) is 0 Å². The molecular formula is C42H65N11O14S3. The number of nitrogens with one attached hydrogen (secondary N) is 9. The van der Waals surface area contributed by atoms with Crippen molar-refractivity contribution in [3.05, 3.63) is 47.4 Å². The highest BCUT2D eigenvalue weighted by atomic mass is 32.2.